The van der Waals surface area contributed by atoms with Gasteiger partial charge in [-0.1, -0.05) is 36.8 Å². The molecule has 8 nitrogen and oxygen atoms in total. The number of anilines is 1. The summed E-state index contributed by atoms with van der Waals surface area (Å²) in [6, 6.07) is 12.5. The van der Waals surface area contributed by atoms with Crippen LogP contribution in [0.15, 0.2) is 42.5 Å². The summed E-state index contributed by atoms with van der Waals surface area (Å²) in [7, 11) is 0. The quantitative estimate of drug-likeness (QED) is 0.355. The molecular weight excluding hydrogens is 460 g/mol. The lowest BCUT2D eigenvalue weighted by molar-refractivity contribution is -0.153. The Morgan fingerprint density at radius 2 is 1.64 bits per heavy atom. The van der Waals surface area contributed by atoms with Crippen LogP contribution >= 0.6 is 0 Å². The molecule has 36 heavy (non-hydrogen) atoms. The second-order valence-electron chi connectivity index (χ2n) is 10.3. The normalized spacial score (nSPS) is 15.9. The molecule has 2 aromatic rings. The molecule has 1 heterocycles. The third-order valence-corrected chi connectivity index (χ3v) is 6.65. The maximum Gasteiger partial charge on any atom is 0.412 e. The van der Waals surface area contributed by atoms with Crippen molar-refractivity contribution >= 4 is 29.4 Å². The van der Waals surface area contributed by atoms with Gasteiger partial charge in [0.05, 0.1) is 23.3 Å². The molecule has 0 radical (unpaired) electrons. The van der Waals surface area contributed by atoms with Gasteiger partial charge in [-0.3, -0.25) is 19.7 Å². The third kappa shape index (κ3) is 4.98. The van der Waals surface area contributed by atoms with E-state index in [-0.39, 0.29) is 23.8 Å². The van der Waals surface area contributed by atoms with Gasteiger partial charge in [0, 0.05) is 13.1 Å². The van der Waals surface area contributed by atoms with Crippen molar-refractivity contribution in [2.45, 2.75) is 71.1 Å². The van der Waals surface area contributed by atoms with Crippen LogP contribution in [0.1, 0.15) is 74.0 Å². The largest absolute Gasteiger partial charge is 0.465 e. The van der Waals surface area contributed by atoms with Crippen LogP contribution in [0.4, 0.5) is 10.5 Å². The van der Waals surface area contributed by atoms with Gasteiger partial charge in [0.15, 0.2) is 0 Å². The lowest BCUT2D eigenvalue weighted by atomic mass is 9.64. The lowest BCUT2D eigenvalue weighted by Crippen LogP contribution is -2.44. The van der Waals surface area contributed by atoms with Crippen molar-refractivity contribution in [1.29, 1.82) is 0 Å². The molecule has 2 aromatic carbocycles. The van der Waals surface area contributed by atoms with Crippen molar-refractivity contribution in [3.8, 4) is 0 Å². The van der Waals surface area contributed by atoms with Crippen molar-refractivity contribution < 1.29 is 28.7 Å². The SMILES string of the molecule is CCOC(=O)C1(c2ccc(NC(=O)OC(C)(C)C)c(C(=O)C(=O)N3Cc4ccccc4C3)c2)CCC1. The number of hydrogen-bond donors (Lipinski definition) is 1. The molecule has 0 saturated heterocycles. The maximum absolute atomic E-state index is 13.6. The van der Waals surface area contributed by atoms with Crippen LogP contribution in [0.3, 0.4) is 0 Å². The molecule has 1 N–H and O–H groups in total. The number of esters is 1. The fourth-order valence-electron chi connectivity index (χ4n) is 4.70. The number of amides is 2. The Balaban J connectivity index is 1.67. The van der Waals surface area contributed by atoms with Crippen LogP contribution in [0.2, 0.25) is 0 Å². The minimum absolute atomic E-state index is 0.0230. The second-order valence-corrected chi connectivity index (χ2v) is 10.3. The third-order valence-electron chi connectivity index (χ3n) is 6.65. The van der Waals surface area contributed by atoms with E-state index in [2.05, 4.69) is 5.32 Å². The zero-order valence-corrected chi connectivity index (χ0v) is 21.2. The predicted octanol–water partition coefficient (Wildman–Crippen LogP) is 4.74. The maximum atomic E-state index is 13.6. The first-order chi connectivity index (χ1) is 17.0. The Morgan fingerprint density at radius 1 is 1.00 bits per heavy atom. The molecule has 1 fully saturated rings. The summed E-state index contributed by atoms with van der Waals surface area (Å²) >= 11 is 0. The number of hydrogen-bond acceptors (Lipinski definition) is 6. The van der Waals surface area contributed by atoms with E-state index in [0.29, 0.717) is 31.5 Å². The second kappa shape index (κ2) is 9.76. The van der Waals surface area contributed by atoms with E-state index < -0.39 is 28.8 Å². The minimum atomic E-state index is -0.859. The van der Waals surface area contributed by atoms with Gasteiger partial charge in [-0.15, -0.1) is 0 Å². The molecule has 1 saturated carbocycles. The van der Waals surface area contributed by atoms with Crippen LogP contribution in [0.5, 0.6) is 0 Å². The topological polar surface area (TPSA) is 102 Å². The highest BCUT2D eigenvalue weighted by atomic mass is 16.6. The minimum Gasteiger partial charge on any atom is -0.465 e. The molecule has 1 aliphatic heterocycles. The number of fused-ring (bicyclic) bond motifs is 1. The van der Waals surface area contributed by atoms with Crippen LogP contribution < -0.4 is 5.32 Å². The zero-order valence-electron chi connectivity index (χ0n) is 21.2. The van der Waals surface area contributed by atoms with Gasteiger partial charge >= 0.3 is 12.1 Å². The highest BCUT2D eigenvalue weighted by Crippen LogP contribution is 2.45. The van der Waals surface area contributed by atoms with Gasteiger partial charge < -0.3 is 14.4 Å². The van der Waals surface area contributed by atoms with Crippen molar-refractivity contribution in [2.24, 2.45) is 0 Å². The van der Waals surface area contributed by atoms with Gasteiger partial charge in [-0.25, -0.2) is 4.79 Å². The fraction of sp³-hybridized carbons (Fsp3) is 0.429. The van der Waals surface area contributed by atoms with E-state index in [1.165, 1.54) is 4.90 Å². The van der Waals surface area contributed by atoms with E-state index >= 15 is 0 Å². The first kappa shape index (κ1) is 25.4. The average molecular weight is 493 g/mol. The monoisotopic (exact) mass is 492 g/mol. The number of ketones is 1. The summed E-state index contributed by atoms with van der Waals surface area (Å²) in [6.45, 7) is 7.87. The number of nitrogens with zero attached hydrogens (tertiary/aromatic N) is 1. The molecule has 1 aliphatic carbocycles. The molecule has 0 aromatic heterocycles. The predicted molar refractivity (Wildman–Crippen MR) is 133 cm³/mol. The summed E-state index contributed by atoms with van der Waals surface area (Å²) in [6.07, 6.45) is 1.29. The van der Waals surface area contributed by atoms with Gasteiger partial charge in [0.1, 0.15) is 5.60 Å². The number of ether oxygens (including phenoxy) is 2. The van der Waals surface area contributed by atoms with Crippen LogP contribution in [-0.2, 0) is 37.6 Å². The van der Waals surface area contributed by atoms with E-state index in [9.17, 15) is 19.2 Å². The number of benzene rings is 2. The smallest absolute Gasteiger partial charge is 0.412 e. The Labute approximate surface area is 210 Å². The highest BCUT2D eigenvalue weighted by Gasteiger charge is 2.47. The Hall–Kier alpha value is -3.68. The fourth-order valence-corrected chi connectivity index (χ4v) is 4.70. The standard InChI is InChI=1S/C28H32N2O6/c1-5-35-25(33)28(13-8-14-28)20-11-12-22(29-26(34)36-27(2,3)4)21(15-20)23(31)24(32)30-16-18-9-6-7-10-19(18)17-30/h6-7,9-12,15H,5,8,13-14,16-17H2,1-4H3,(H,29,34). The molecule has 0 unspecified atom stereocenters. The summed E-state index contributed by atoms with van der Waals surface area (Å²) in [5.74, 6) is -1.77. The van der Waals surface area contributed by atoms with Crippen LogP contribution in [-0.4, -0.2) is 40.9 Å². The van der Waals surface area contributed by atoms with Crippen LogP contribution in [0, 0.1) is 0 Å². The van der Waals surface area contributed by atoms with Crippen molar-refractivity contribution in [1.82, 2.24) is 4.90 Å². The van der Waals surface area contributed by atoms with E-state index in [4.69, 9.17) is 9.47 Å². The van der Waals surface area contributed by atoms with Crippen molar-refractivity contribution in [3.63, 3.8) is 0 Å². The molecule has 0 bridgehead atoms. The van der Waals surface area contributed by atoms with Gasteiger partial charge in [0.2, 0.25) is 0 Å². The Morgan fingerprint density at radius 3 is 2.17 bits per heavy atom. The summed E-state index contributed by atoms with van der Waals surface area (Å²) < 4.78 is 10.7. The Kier molecular flexibility index (Phi) is 6.89. The molecule has 0 atom stereocenters. The molecule has 2 amide bonds. The van der Waals surface area contributed by atoms with Gasteiger partial charge in [-0.2, -0.15) is 0 Å². The first-order valence-electron chi connectivity index (χ1n) is 12.3. The zero-order chi connectivity index (χ0) is 26.1. The molecule has 190 valence electrons. The van der Waals surface area contributed by atoms with Crippen molar-refractivity contribution in [3.05, 3.63) is 64.7 Å². The Bertz CT molecular complexity index is 1180. The van der Waals surface area contributed by atoms with E-state index in [1.807, 2.05) is 24.3 Å². The molecule has 0 spiro atoms. The molecule has 4 rings (SSSR count). The summed E-state index contributed by atoms with van der Waals surface area (Å²) in [5.41, 5.74) is 1.16. The number of carbonyl (C=O) groups excluding carboxylic acids is 4. The first-order valence-corrected chi connectivity index (χ1v) is 12.3. The highest BCUT2D eigenvalue weighted by molar-refractivity contribution is 6.44. The summed E-state index contributed by atoms with van der Waals surface area (Å²) in [5, 5.41) is 2.61. The average Bonchev–Trinajstić information content (AvgIpc) is 3.21. The number of carbonyl (C=O) groups is 4. The van der Waals surface area contributed by atoms with Crippen molar-refractivity contribution in [2.75, 3.05) is 11.9 Å². The number of nitrogens with one attached hydrogen (secondary N) is 1. The lowest BCUT2D eigenvalue weighted by Gasteiger charge is -2.40. The van der Waals surface area contributed by atoms with Gasteiger partial charge in [0.25, 0.3) is 11.7 Å². The molecule has 2 aliphatic rings. The molecular formula is C28H32N2O6. The van der Waals surface area contributed by atoms with Crippen LogP contribution in [0.25, 0.3) is 0 Å². The molecule has 8 heteroatoms. The van der Waals surface area contributed by atoms with E-state index in [0.717, 1.165) is 17.5 Å². The summed E-state index contributed by atoms with van der Waals surface area (Å²) in [4.78, 5) is 53.7. The van der Waals surface area contributed by atoms with E-state index in [1.54, 1.807) is 45.9 Å². The number of Topliss-reactive ketones (excluding diaryl/α,β-unsaturated/α-hetero) is 1. The van der Waals surface area contributed by atoms with Gasteiger partial charge in [-0.05, 0) is 69.4 Å². The number of rotatable bonds is 6.